The van der Waals surface area contributed by atoms with Gasteiger partial charge in [-0.15, -0.1) is 0 Å². The zero-order valence-corrected chi connectivity index (χ0v) is 8.08. The topological polar surface area (TPSA) is 51.0 Å². The minimum absolute atomic E-state index is 0.153. The van der Waals surface area contributed by atoms with Crippen LogP contribution in [0.1, 0.15) is 37.5 Å². The summed E-state index contributed by atoms with van der Waals surface area (Å²) >= 11 is 0. The number of aromatic nitrogens is 2. The van der Waals surface area contributed by atoms with Crippen LogP contribution in [0.4, 0.5) is 0 Å². The van der Waals surface area contributed by atoms with E-state index in [1.165, 1.54) is 12.8 Å². The maximum Gasteiger partial charge on any atom is 0.243 e. The molecule has 0 bridgehead atoms. The Bertz CT molecular complexity index is 280. The van der Waals surface area contributed by atoms with E-state index < -0.39 is 0 Å². The summed E-state index contributed by atoms with van der Waals surface area (Å²) in [6.07, 6.45) is 3.64. The van der Waals surface area contributed by atoms with Crippen molar-refractivity contribution in [1.29, 1.82) is 0 Å². The van der Waals surface area contributed by atoms with Crippen molar-refractivity contribution in [1.82, 2.24) is 15.5 Å². The predicted octanol–water partition coefficient (Wildman–Crippen LogP) is 1.30. The SMILES string of the molecule is CNC(C)c1nc(CC2CC2)no1. The molecule has 0 spiro atoms. The van der Waals surface area contributed by atoms with Crippen LogP contribution in [0.5, 0.6) is 0 Å². The van der Waals surface area contributed by atoms with Crippen LogP contribution in [0.15, 0.2) is 4.52 Å². The summed E-state index contributed by atoms with van der Waals surface area (Å²) in [5.41, 5.74) is 0. The molecule has 1 atom stereocenters. The number of nitrogens with zero attached hydrogens (tertiary/aromatic N) is 2. The quantitative estimate of drug-likeness (QED) is 0.760. The summed E-state index contributed by atoms with van der Waals surface area (Å²) in [7, 11) is 1.88. The molecule has 1 aliphatic carbocycles. The Balaban J connectivity index is 1.99. The van der Waals surface area contributed by atoms with E-state index in [4.69, 9.17) is 4.52 Å². The fourth-order valence-corrected chi connectivity index (χ4v) is 1.23. The van der Waals surface area contributed by atoms with E-state index in [1.54, 1.807) is 0 Å². The molecular weight excluding hydrogens is 166 g/mol. The highest BCUT2D eigenvalue weighted by molar-refractivity contribution is 4.94. The predicted molar refractivity (Wildman–Crippen MR) is 48.2 cm³/mol. The van der Waals surface area contributed by atoms with Gasteiger partial charge in [-0.05, 0) is 32.7 Å². The van der Waals surface area contributed by atoms with E-state index >= 15 is 0 Å². The van der Waals surface area contributed by atoms with Crippen LogP contribution >= 0.6 is 0 Å². The maximum absolute atomic E-state index is 5.12. The normalized spacial score (nSPS) is 18.9. The number of rotatable bonds is 4. The number of hydrogen-bond acceptors (Lipinski definition) is 4. The maximum atomic E-state index is 5.12. The molecule has 1 fully saturated rings. The lowest BCUT2D eigenvalue weighted by molar-refractivity contribution is 0.343. The second-order valence-electron chi connectivity index (χ2n) is 3.71. The number of nitrogens with one attached hydrogen (secondary N) is 1. The Hall–Kier alpha value is -0.900. The molecule has 1 saturated carbocycles. The molecule has 0 aromatic carbocycles. The van der Waals surface area contributed by atoms with E-state index in [2.05, 4.69) is 15.5 Å². The molecule has 1 aromatic rings. The highest BCUT2D eigenvalue weighted by atomic mass is 16.5. The molecule has 0 amide bonds. The smallest absolute Gasteiger partial charge is 0.243 e. The average molecular weight is 181 g/mol. The van der Waals surface area contributed by atoms with Crippen molar-refractivity contribution in [2.24, 2.45) is 5.92 Å². The van der Waals surface area contributed by atoms with Gasteiger partial charge in [-0.2, -0.15) is 4.98 Å². The standard InChI is InChI=1S/C9H15N3O/c1-6(10-2)9-11-8(12-13-9)5-7-3-4-7/h6-7,10H,3-5H2,1-2H3. The molecule has 1 heterocycles. The average Bonchev–Trinajstić information content (AvgIpc) is 2.81. The van der Waals surface area contributed by atoms with Crippen molar-refractivity contribution in [3.8, 4) is 0 Å². The van der Waals surface area contributed by atoms with Gasteiger partial charge < -0.3 is 9.84 Å². The fraction of sp³-hybridized carbons (Fsp3) is 0.778. The summed E-state index contributed by atoms with van der Waals surface area (Å²) in [5, 5.41) is 7.01. The van der Waals surface area contributed by atoms with E-state index in [-0.39, 0.29) is 6.04 Å². The molecule has 1 aliphatic rings. The highest BCUT2D eigenvalue weighted by Gasteiger charge is 2.24. The summed E-state index contributed by atoms with van der Waals surface area (Å²) in [6.45, 7) is 2.01. The van der Waals surface area contributed by atoms with Crippen LogP contribution in [-0.2, 0) is 6.42 Å². The Morgan fingerprint density at radius 3 is 3.00 bits per heavy atom. The van der Waals surface area contributed by atoms with Gasteiger partial charge in [0.05, 0.1) is 6.04 Å². The van der Waals surface area contributed by atoms with Crippen molar-refractivity contribution >= 4 is 0 Å². The molecule has 4 heteroatoms. The minimum Gasteiger partial charge on any atom is -0.338 e. The molecule has 2 rings (SSSR count). The third-order valence-electron chi connectivity index (χ3n) is 2.46. The van der Waals surface area contributed by atoms with Crippen molar-refractivity contribution in [2.75, 3.05) is 7.05 Å². The van der Waals surface area contributed by atoms with Crippen molar-refractivity contribution in [3.05, 3.63) is 11.7 Å². The van der Waals surface area contributed by atoms with Gasteiger partial charge in [0.25, 0.3) is 0 Å². The van der Waals surface area contributed by atoms with Crippen LogP contribution in [0.2, 0.25) is 0 Å². The second-order valence-corrected chi connectivity index (χ2v) is 3.71. The van der Waals surface area contributed by atoms with Gasteiger partial charge in [-0.3, -0.25) is 0 Å². The molecule has 13 heavy (non-hydrogen) atoms. The lowest BCUT2D eigenvalue weighted by atomic mass is 10.3. The second kappa shape index (κ2) is 3.46. The van der Waals surface area contributed by atoms with Gasteiger partial charge in [0, 0.05) is 6.42 Å². The third kappa shape index (κ3) is 2.06. The largest absolute Gasteiger partial charge is 0.338 e. The van der Waals surface area contributed by atoms with E-state index in [1.807, 2.05) is 14.0 Å². The van der Waals surface area contributed by atoms with E-state index in [9.17, 15) is 0 Å². The van der Waals surface area contributed by atoms with Gasteiger partial charge in [0.1, 0.15) is 0 Å². The monoisotopic (exact) mass is 181 g/mol. The fourth-order valence-electron chi connectivity index (χ4n) is 1.23. The first-order valence-corrected chi connectivity index (χ1v) is 4.79. The molecule has 1 aromatic heterocycles. The minimum atomic E-state index is 0.153. The van der Waals surface area contributed by atoms with Crippen LogP contribution < -0.4 is 5.32 Å². The van der Waals surface area contributed by atoms with Gasteiger partial charge in [-0.25, -0.2) is 0 Å². The molecule has 1 unspecified atom stereocenters. The molecule has 0 saturated heterocycles. The van der Waals surface area contributed by atoms with Crippen molar-refractivity contribution in [2.45, 2.75) is 32.2 Å². The van der Waals surface area contributed by atoms with E-state index in [0.29, 0.717) is 5.89 Å². The molecule has 1 N–H and O–H groups in total. The summed E-state index contributed by atoms with van der Waals surface area (Å²) in [5.74, 6) is 2.37. The highest BCUT2D eigenvalue weighted by Crippen LogP contribution is 2.31. The Labute approximate surface area is 77.7 Å². The molecule has 0 radical (unpaired) electrons. The molecular formula is C9H15N3O. The lowest BCUT2D eigenvalue weighted by Crippen LogP contribution is -2.12. The van der Waals surface area contributed by atoms with Crippen molar-refractivity contribution in [3.63, 3.8) is 0 Å². The first-order valence-electron chi connectivity index (χ1n) is 4.79. The van der Waals surface area contributed by atoms with Crippen LogP contribution in [-0.4, -0.2) is 17.2 Å². The van der Waals surface area contributed by atoms with Crippen molar-refractivity contribution < 1.29 is 4.52 Å². The molecule has 72 valence electrons. The lowest BCUT2D eigenvalue weighted by Gasteiger charge is -2.01. The number of hydrogen-bond donors (Lipinski definition) is 1. The Morgan fingerprint density at radius 1 is 1.62 bits per heavy atom. The van der Waals surface area contributed by atoms with Gasteiger partial charge in [0.15, 0.2) is 5.82 Å². The zero-order chi connectivity index (χ0) is 9.26. The molecule has 0 aliphatic heterocycles. The Morgan fingerprint density at radius 2 is 2.38 bits per heavy atom. The van der Waals surface area contributed by atoms with Crippen LogP contribution in [0, 0.1) is 5.92 Å². The van der Waals surface area contributed by atoms with Gasteiger partial charge in [-0.1, -0.05) is 5.16 Å². The summed E-state index contributed by atoms with van der Waals surface area (Å²) in [4.78, 5) is 4.32. The van der Waals surface area contributed by atoms with Crippen LogP contribution in [0.25, 0.3) is 0 Å². The van der Waals surface area contributed by atoms with E-state index in [0.717, 1.165) is 18.2 Å². The zero-order valence-electron chi connectivity index (χ0n) is 8.08. The van der Waals surface area contributed by atoms with Crippen LogP contribution in [0.3, 0.4) is 0 Å². The first-order chi connectivity index (χ1) is 6.29. The third-order valence-corrected chi connectivity index (χ3v) is 2.46. The first kappa shape index (κ1) is 8.69. The van der Waals surface area contributed by atoms with Gasteiger partial charge >= 0.3 is 0 Å². The Kier molecular flexibility index (Phi) is 2.31. The van der Waals surface area contributed by atoms with Gasteiger partial charge in [0.2, 0.25) is 5.89 Å². The summed E-state index contributed by atoms with van der Waals surface area (Å²) < 4.78 is 5.12. The molecule has 4 nitrogen and oxygen atoms in total. The summed E-state index contributed by atoms with van der Waals surface area (Å²) in [6, 6.07) is 0.153.